The van der Waals surface area contributed by atoms with E-state index in [4.69, 9.17) is 0 Å². The third kappa shape index (κ3) is 4.06. The topological polar surface area (TPSA) is 56.8 Å². The first-order valence-electron chi connectivity index (χ1n) is 10.3. The van der Waals surface area contributed by atoms with Crippen LogP contribution >= 0.6 is 11.8 Å². The molecular formula is C21H32N4O2S. The molecule has 1 aromatic heterocycles. The summed E-state index contributed by atoms with van der Waals surface area (Å²) in [6.07, 6.45) is 8.80. The smallest absolute Gasteiger partial charge is 0.310 e. The van der Waals surface area contributed by atoms with Crippen LogP contribution in [0.25, 0.3) is 0 Å². The lowest BCUT2D eigenvalue weighted by Gasteiger charge is -2.43. The fraction of sp³-hybridized carbons (Fsp3) is 0.667. The summed E-state index contributed by atoms with van der Waals surface area (Å²) in [5, 5.41) is 0. The zero-order valence-electron chi connectivity index (χ0n) is 17.3. The van der Waals surface area contributed by atoms with Crippen molar-refractivity contribution in [3.8, 4) is 0 Å². The summed E-state index contributed by atoms with van der Waals surface area (Å²) in [6.45, 7) is 7.05. The Balaban J connectivity index is 1.64. The minimum atomic E-state index is -0.629. The Labute approximate surface area is 172 Å². The zero-order valence-corrected chi connectivity index (χ0v) is 18.1. The Morgan fingerprint density at radius 1 is 1.29 bits per heavy atom. The maximum atomic E-state index is 13.3. The van der Waals surface area contributed by atoms with Gasteiger partial charge in [0, 0.05) is 50.4 Å². The second kappa shape index (κ2) is 9.27. The van der Waals surface area contributed by atoms with Crippen molar-refractivity contribution in [1.29, 1.82) is 0 Å². The van der Waals surface area contributed by atoms with Gasteiger partial charge in [-0.2, -0.15) is 11.8 Å². The number of thioether (sulfide) groups is 1. The third-order valence-corrected chi connectivity index (χ3v) is 6.98. The molecule has 6 nitrogen and oxygen atoms in total. The van der Waals surface area contributed by atoms with E-state index >= 15 is 0 Å². The monoisotopic (exact) mass is 404 g/mol. The third-order valence-electron chi connectivity index (χ3n) is 6.16. The molecule has 0 N–H and O–H groups in total. The van der Waals surface area contributed by atoms with E-state index in [1.165, 1.54) is 4.90 Å². The predicted molar refractivity (Wildman–Crippen MR) is 113 cm³/mol. The summed E-state index contributed by atoms with van der Waals surface area (Å²) in [4.78, 5) is 36.2. The molecule has 0 radical (unpaired) electrons. The van der Waals surface area contributed by atoms with Gasteiger partial charge in [-0.1, -0.05) is 6.07 Å². The second-order valence-electron chi connectivity index (χ2n) is 7.82. The molecular weight excluding hydrogens is 372 g/mol. The van der Waals surface area contributed by atoms with Crippen molar-refractivity contribution in [1.82, 2.24) is 19.7 Å². The van der Waals surface area contributed by atoms with E-state index in [1.807, 2.05) is 41.9 Å². The first kappa shape index (κ1) is 21.1. The van der Waals surface area contributed by atoms with Crippen molar-refractivity contribution in [2.75, 3.05) is 38.2 Å². The molecule has 28 heavy (non-hydrogen) atoms. The van der Waals surface area contributed by atoms with Gasteiger partial charge in [0.2, 0.25) is 0 Å². The Morgan fingerprint density at radius 2 is 2.04 bits per heavy atom. The standard InChI is InChI=1S/C21H32N4O2S/c1-4-25-20(27)24(12-6-8-18-7-5-11-22-15-18)19(26)21(25)9-13-23(14-10-21)17(2)16-28-3/h5,7,11,15,17H,4,6,8-10,12-14,16H2,1-3H3/t17-/m0/s1. The van der Waals surface area contributed by atoms with E-state index in [9.17, 15) is 9.59 Å². The second-order valence-corrected chi connectivity index (χ2v) is 8.73. The average Bonchev–Trinajstić information content (AvgIpc) is 2.90. The molecule has 154 valence electrons. The number of carbonyl (C=O) groups excluding carboxylic acids is 2. The number of aromatic nitrogens is 1. The number of aryl methyl sites for hydroxylation is 1. The highest BCUT2D eigenvalue weighted by Gasteiger charge is 2.57. The number of urea groups is 1. The minimum absolute atomic E-state index is 0.0164. The number of likely N-dealkylation sites (tertiary alicyclic amines) is 1. The first-order chi connectivity index (χ1) is 13.5. The van der Waals surface area contributed by atoms with E-state index in [0.29, 0.717) is 19.1 Å². The Hall–Kier alpha value is -1.60. The summed E-state index contributed by atoms with van der Waals surface area (Å²) in [7, 11) is 0. The van der Waals surface area contributed by atoms with Crippen LogP contribution in [-0.2, 0) is 11.2 Å². The molecule has 3 amide bonds. The minimum Gasteiger partial charge on any atom is -0.310 e. The Morgan fingerprint density at radius 3 is 2.64 bits per heavy atom. The lowest BCUT2D eigenvalue weighted by atomic mass is 9.85. The van der Waals surface area contributed by atoms with Crippen LogP contribution in [0.5, 0.6) is 0 Å². The van der Waals surface area contributed by atoms with Gasteiger partial charge in [-0.3, -0.25) is 19.6 Å². The fourth-order valence-corrected chi connectivity index (χ4v) is 5.26. The molecule has 1 aromatic rings. The highest BCUT2D eigenvalue weighted by atomic mass is 32.2. The molecule has 0 aliphatic carbocycles. The lowest BCUT2D eigenvalue weighted by Crippen LogP contribution is -2.57. The molecule has 3 rings (SSSR count). The Kier molecular flexibility index (Phi) is 6.99. The average molecular weight is 405 g/mol. The van der Waals surface area contributed by atoms with Gasteiger partial charge in [0.05, 0.1) is 0 Å². The van der Waals surface area contributed by atoms with Crippen molar-refractivity contribution in [3.05, 3.63) is 30.1 Å². The van der Waals surface area contributed by atoms with Crippen molar-refractivity contribution >= 4 is 23.7 Å². The number of pyridine rings is 1. The van der Waals surface area contributed by atoms with Gasteiger partial charge in [0.15, 0.2) is 0 Å². The molecule has 3 heterocycles. The van der Waals surface area contributed by atoms with Crippen molar-refractivity contribution in [2.45, 2.75) is 51.1 Å². The van der Waals surface area contributed by atoms with Crippen LogP contribution in [0.15, 0.2) is 24.5 Å². The molecule has 0 saturated carbocycles. The van der Waals surface area contributed by atoms with Gasteiger partial charge in [-0.25, -0.2) is 4.79 Å². The number of hydrogen-bond donors (Lipinski definition) is 0. The van der Waals surface area contributed by atoms with Gasteiger partial charge in [0.1, 0.15) is 5.54 Å². The number of nitrogens with zero attached hydrogens (tertiary/aromatic N) is 4. The number of piperidine rings is 1. The van der Waals surface area contributed by atoms with Gasteiger partial charge in [0.25, 0.3) is 5.91 Å². The number of hydrogen-bond acceptors (Lipinski definition) is 5. The van der Waals surface area contributed by atoms with E-state index in [2.05, 4.69) is 23.1 Å². The van der Waals surface area contributed by atoms with Crippen LogP contribution in [0, 0.1) is 0 Å². The van der Waals surface area contributed by atoms with E-state index in [1.54, 1.807) is 6.20 Å². The lowest BCUT2D eigenvalue weighted by molar-refractivity contribution is -0.135. The van der Waals surface area contributed by atoms with Crippen molar-refractivity contribution in [2.24, 2.45) is 0 Å². The summed E-state index contributed by atoms with van der Waals surface area (Å²) in [5.41, 5.74) is 0.509. The van der Waals surface area contributed by atoms with E-state index in [0.717, 1.165) is 50.1 Å². The molecule has 2 aliphatic rings. The predicted octanol–water partition coefficient (Wildman–Crippen LogP) is 2.88. The molecule has 1 atom stereocenters. The summed E-state index contributed by atoms with van der Waals surface area (Å²) in [6, 6.07) is 4.35. The summed E-state index contributed by atoms with van der Waals surface area (Å²) >= 11 is 1.85. The molecule has 7 heteroatoms. The maximum Gasteiger partial charge on any atom is 0.327 e. The number of rotatable bonds is 8. The summed E-state index contributed by atoms with van der Waals surface area (Å²) < 4.78 is 0. The van der Waals surface area contributed by atoms with Crippen molar-refractivity contribution in [3.63, 3.8) is 0 Å². The van der Waals surface area contributed by atoms with Crippen LogP contribution in [0.2, 0.25) is 0 Å². The largest absolute Gasteiger partial charge is 0.327 e. The van der Waals surface area contributed by atoms with Gasteiger partial charge >= 0.3 is 6.03 Å². The summed E-state index contributed by atoms with van der Waals surface area (Å²) in [5.74, 6) is 1.11. The molecule has 2 saturated heterocycles. The fourth-order valence-electron chi connectivity index (χ4n) is 4.57. The van der Waals surface area contributed by atoms with Crippen molar-refractivity contribution < 1.29 is 9.59 Å². The number of amides is 3. The number of likely N-dealkylation sites (N-methyl/N-ethyl adjacent to an activating group) is 1. The SMILES string of the molecule is CCN1C(=O)N(CCCc2cccnc2)C(=O)C12CCN([C@@H](C)CSC)CC2. The highest BCUT2D eigenvalue weighted by Crippen LogP contribution is 2.37. The van der Waals surface area contributed by atoms with Crippen LogP contribution < -0.4 is 0 Å². The van der Waals surface area contributed by atoms with Gasteiger partial charge in [-0.05, 0) is 57.4 Å². The molecule has 0 unspecified atom stereocenters. The normalized spacial score (nSPS) is 21.0. The molecule has 0 bridgehead atoms. The van der Waals surface area contributed by atoms with Gasteiger partial charge in [-0.15, -0.1) is 0 Å². The van der Waals surface area contributed by atoms with E-state index in [-0.39, 0.29) is 11.9 Å². The maximum absolute atomic E-state index is 13.3. The molecule has 1 spiro atoms. The number of imide groups is 1. The Bertz CT molecular complexity index is 676. The van der Waals surface area contributed by atoms with E-state index < -0.39 is 5.54 Å². The van der Waals surface area contributed by atoms with Gasteiger partial charge < -0.3 is 4.90 Å². The molecule has 2 aliphatic heterocycles. The van der Waals surface area contributed by atoms with Crippen LogP contribution in [0.4, 0.5) is 4.79 Å². The zero-order chi connectivity index (χ0) is 20.1. The quantitative estimate of drug-likeness (QED) is 0.624. The van der Waals surface area contributed by atoms with Crippen LogP contribution in [-0.4, -0.2) is 81.4 Å². The first-order valence-corrected chi connectivity index (χ1v) is 11.7. The van der Waals surface area contributed by atoms with Crippen LogP contribution in [0.1, 0.15) is 38.7 Å². The molecule has 2 fully saturated rings. The van der Waals surface area contributed by atoms with Crippen LogP contribution in [0.3, 0.4) is 0 Å². The molecule has 0 aromatic carbocycles. The highest BCUT2D eigenvalue weighted by molar-refractivity contribution is 7.98. The number of carbonyl (C=O) groups is 2.